The SMILES string of the molecule is CCC1CCC(OCc2cc(N)nn2C)CC1. The van der Waals surface area contributed by atoms with E-state index in [9.17, 15) is 0 Å². The van der Waals surface area contributed by atoms with E-state index in [0.29, 0.717) is 18.5 Å². The van der Waals surface area contributed by atoms with Crippen molar-refractivity contribution < 1.29 is 4.74 Å². The van der Waals surface area contributed by atoms with Crippen molar-refractivity contribution in [3.8, 4) is 0 Å². The molecule has 1 fully saturated rings. The maximum Gasteiger partial charge on any atom is 0.145 e. The van der Waals surface area contributed by atoms with Gasteiger partial charge in [0, 0.05) is 13.1 Å². The number of aryl methyl sites for hydroxylation is 1. The second-order valence-corrected chi connectivity index (χ2v) is 5.05. The Kier molecular flexibility index (Phi) is 4.05. The van der Waals surface area contributed by atoms with Crippen LogP contribution in [0.4, 0.5) is 5.82 Å². The molecule has 0 unspecified atom stereocenters. The Morgan fingerprint density at radius 3 is 2.65 bits per heavy atom. The van der Waals surface area contributed by atoms with Crippen LogP contribution in [0.5, 0.6) is 0 Å². The third-order valence-corrected chi connectivity index (χ3v) is 3.83. The molecular weight excluding hydrogens is 214 g/mol. The molecule has 0 spiro atoms. The predicted molar refractivity (Wildman–Crippen MR) is 68.4 cm³/mol. The van der Waals surface area contributed by atoms with E-state index in [1.165, 1.54) is 32.1 Å². The number of rotatable bonds is 4. The molecular formula is C13H23N3O. The van der Waals surface area contributed by atoms with Gasteiger partial charge in [-0.3, -0.25) is 4.68 Å². The van der Waals surface area contributed by atoms with Crippen LogP contribution in [0.2, 0.25) is 0 Å². The van der Waals surface area contributed by atoms with E-state index in [1.54, 1.807) is 4.68 Å². The Labute approximate surface area is 103 Å². The monoisotopic (exact) mass is 237 g/mol. The average molecular weight is 237 g/mol. The van der Waals surface area contributed by atoms with Gasteiger partial charge in [0.05, 0.1) is 18.4 Å². The van der Waals surface area contributed by atoms with E-state index in [4.69, 9.17) is 10.5 Å². The van der Waals surface area contributed by atoms with E-state index in [-0.39, 0.29) is 0 Å². The number of nitrogens with zero attached hydrogens (tertiary/aromatic N) is 2. The summed E-state index contributed by atoms with van der Waals surface area (Å²) in [6, 6.07) is 1.89. The zero-order valence-corrected chi connectivity index (χ0v) is 10.9. The van der Waals surface area contributed by atoms with Gasteiger partial charge in [0.1, 0.15) is 5.82 Å². The highest BCUT2D eigenvalue weighted by Gasteiger charge is 2.20. The molecule has 1 heterocycles. The van der Waals surface area contributed by atoms with Gasteiger partial charge in [0.2, 0.25) is 0 Å². The molecule has 0 bridgehead atoms. The van der Waals surface area contributed by atoms with Crippen molar-refractivity contribution >= 4 is 5.82 Å². The molecule has 1 aromatic heterocycles. The molecule has 17 heavy (non-hydrogen) atoms. The summed E-state index contributed by atoms with van der Waals surface area (Å²) in [5.41, 5.74) is 6.69. The fourth-order valence-electron chi connectivity index (χ4n) is 2.58. The fraction of sp³-hybridized carbons (Fsp3) is 0.769. The standard InChI is InChI=1S/C13H23N3O/c1-3-10-4-6-12(7-5-10)17-9-11-8-13(14)15-16(11)2/h8,10,12H,3-7,9H2,1-2H3,(H2,14,15). The third kappa shape index (κ3) is 3.22. The summed E-state index contributed by atoms with van der Waals surface area (Å²) in [7, 11) is 1.91. The van der Waals surface area contributed by atoms with Crippen LogP contribution in [0.1, 0.15) is 44.7 Å². The van der Waals surface area contributed by atoms with Crippen LogP contribution in [-0.4, -0.2) is 15.9 Å². The Hall–Kier alpha value is -1.03. The van der Waals surface area contributed by atoms with Crippen LogP contribution in [-0.2, 0) is 18.4 Å². The summed E-state index contributed by atoms with van der Waals surface area (Å²) in [4.78, 5) is 0. The maximum atomic E-state index is 5.94. The van der Waals surface area contributed by atoms with Gasteiger partial charge in [-0.2, -0.15) is 5.10 Å². The number of nitrogens with two attached hydrogens (primary N) is 1. The fourth-order valence-corrected chi connectivity index (χ4v) is 2.58. The van der Waals surface area contributed by atoms with Crippen molar-refractivity contribution in [2.75, 3.05) is 5.73 Å². The highest BCUT2D eigenvalue weighted by atomic mass is 16.5. The summed E-state index contributed by atoms with van der Waals surface area (Å²) in [5.74, 6) is 1.49. The number of aromatic nitrogens is 2. The first-order valence-corrected chi connectivity index (χ1v) is 6.59. The van der Waals surface area contributed by atoms with Crippen molar-refractivity contribution in [3.63, 3.8) is 0 Å². The highest BCUT2D eigenvalue weighted by Crippen LogP contribution is 2.28. The largest absolute Gasteiger partial charge is 0.382 e. The molecule has 4 nitrogen and oxygen atoms in total. The van der Waals surface area contributed by atoms with Crippen LogP contribution >= 0.6 is 0 Å². The van der Waals surface area contributed by atoms with Gasteiger partial charge in [-0.15, -0.1) is 0 Å². The molecule has 0 amide bonds. The van der Waals surface area contributed by atoms with Gasteiger partial charge in [0.25, 0.3) is 0 Å². The van der Waals surface area contributed by atoms with Crippen molar-refractivity contribution in [3.05, 3.63) is 11.8 Å². The minimum atomic E-state index is 0.425. The number of hydrogen-bond acceptors (Lipinski definition) is 3. The van der Waals surface area contributed by atoms with E-state index in [1.807, 2.05) is 13.1 Å². The summed E-state index contributed by atoms with van der Waals surface area (Å²) in [6.07, 6.45) is 6.76. The first-order chi connectivity index (χ1) is 8.19. The molecule has 0 atom stereocenters. The smallest absolute Gasteiger partial charge is 0.145 e. The van der Waals surface area contributed by atoms with Crippen LogP contribution < -0.4 is 5.73 Å². The maximum absolute atomic E-state index is 5.94. The molecule has 4 heteroatoms. The molecule has 1 aromatic rings. The first kappa shape index (κ1) is 12.4. The van der Waals surface area contributed by atoms with Gasteiger partial charge in [0.15, 0.2) is 0 Å². The number of ether oxygens (including phenoxy) is 1. The quantitative estimate of drug-likeness (QED) is 0.875. The molecule has 1 saturated carbocycles. The Balaban J connectivity index is 1.77. The van der Waals surface area contributed by atoms with Crippen LogP contribution in [0, 0.1) is 5.92 Å². The lowest BCUT2D eigenvalue weighted by Gasteiger charge is -2.27. The van der Waals surface area contributed by atoms with Gasteiger partial charge in [-0.05, 0) is 31.6 Å². The summed E-state index contributed by atoms with van der Waals surface area (Å²) < 4.78 is 7.74. The van der Waals surface area contributed by atoms with Gasteiger partial charge in [-0.25, -0.2) is 0 Å². The molecule has 0 radical (unpaired) electrons. The van der Waals surface area contributed by atoms with Crippen LogP contribution in [0.3, 0.4) is 0 Å². The zero-order valence-electron chi connectivity index (χ0n) is 10.9. The summed E-state index contributed by atoms with van der Waals surface area (Å²) >= 11 is 0. The van der Waals surface area contributed by atoms with E-state index in [0.717, 1.165) is 11.6 Å². The Morgan fingerprint density at radius 2 is 2.12 bits per heavy atom. The topological polar surface area (TPSA) is 53.1 Å². The lowest BCUT2D eigenvalue weighted by Crippen LogP contribution is -2.21. The summed E-state index contributed by atoms with van der Waals surface area (Å²) in [6.45, 7) is 2.91. The highest BCUT2D eigenvalue weighted by molar-refractivity contribution is 5.28. The van der Waals surface area contributed by atoms with E-state index in [2.05, 4.69) is 12.0 Å². The van der Waals surface area contributed by atoms with Crippen molar-refractivity contribution in [2.45, 2.75) is 51.7 Å². The van der Waals surface area contributed by atoms with Crippen LogP contribution in [0.15, 0.2) is 6.07 Å². The average Bonchev–Trinajstić information content (AvgIpc) is 2.66. The molecule has 0 aromatic carbocycles. The molecule has 0 saturated heterocycles. The Morgan fingerprint density at radius 1 is 1.41 bits per heavy atom. The van der Waals surface area contributed by atoms with Crippen molar-refractivity contribution in [2.24, 2.45) is 13.0 Å². The Bertz CT molecular complexity index is 354. The molecule has 1 aliphatic carbocycles. The molecule has 2 rings (SSSR count). The first-order valence-electron chi connectivity index (χ1n) is 6.59. The van der Waals surface area contributed by atoms with Crippen molar-refractivity contribution in [1.29, 1.82) is 0 Å². The number of nitrogen functional groups attached to an aromatic ring is 1. The minimum absolute atomic E-state index is 0.425. The predicted octanol–water partition coefficient (Wildman–Crippen LogP) is 2.49. The van der Waals surface area contributed by atoms with E-state index >= 15 is 0 Å². The second kappa shape index (κ2) is 5.54. The second-order valence-electron chi connectivity index (χ2n) is 5.05. The van der Waals surface area contributed by atoms with Gasteiger partial charge < -0.3 is 10.5 Å². The molecule has 0 aliphatic heterocycles. The van der Waals surface area contributed by atoms with Gasteiger partial charge in [-0.1, -0.05) is 13.3 Å². The minimum Gasteiger partial charge on any atom is -0.382 e. The lowest BCUT2D eigenvalue weighted by atomic mass is 9.86. The van der Waals surface area contributed by atoms with Crippen molar-refractivity contribution in [1.82, 2.24) is 9.78 Å². The molecule has 96 valence electrons. The van der Waals surface area contributed by atoms with Crippen LogP contribution in [0.25, 0.3) is 0 Å². The zero-order chi connectivity index (χ0) is 12.3. The van der Waals surface area contributed by atoms with E-state index < -0.39 is 0 Å². The molecule has 1 aliphatic rings. The number of hydrogen-bond donors (Lipinski definition) is 1. The molecule has 2 N–H and O–H groups in total. The number of anilines is 1. The summed E-state index contributed by atoms with van der Waals surface area (Å²) in [5, 5.41) is 4.11. The normalized spacial score (nSPS) is 25.1. The lowest BCUT2D eigenvalue weighted by molar-refractivity contribution is 0.00412. The van der Waals surface area contributed by atoms with Gasteiger partial charge >= 0.3 is 0 Å². The third-order valence-electron chi connectivity index (χ3n) is 3.83.